The number of benzene rings is 2. The SMILES string of the molecule is CCCC1=NN(c2ccc(F)cc2)C(=O)[C@@H]1C=NCc1ccc(F)cc1. The summed E-state index contributed by atoms with van der Waals surface area (Å²) in [6.07, 6.45) is 3.13. The molecule has 1 heterocycles. The van der Waals surface area contributed by atoms with E-state index in [-0.39, 0.29) is 17.5 Å². The monoisotopic (exact) mass is 355 g/mol. The predicted molar refractivity (Wildman–Crippen MR) is 98.3 cm³/mol. The first kappa shape index (κ1) is 17.9. The number of hydrogen-bond donors (Lipinski definition) is 0. The van der Waals surface area contributed by atoms with Crippen molar-refractivity contribution in [2.45, 2.75) is 26.3 Å². The highest BCUT2D eigenvalue weighted by Gasteiger charge is 2.34. The molecule has 0 saturated carbocycles. The fourth-order valence-electron chi connectivity index (χ4n) is 2.75. The molecule has 0 radical (unpaired) electrons. The maximum atomic E-state index is 13.1. The molecule has 6 heteroatoms. The first-order valence-electron chi connectivity index (χ1n) is 8.49. The Bertz CT molecular complexity index is 829. The van der Waals surface area contributed by atoms with Crippen LogP contribution in [0.5, 0.6) is 0 Å². The van der Waals surface area contributed by atoms with Crippen molar-refractivity contribution in [1.82, 2.24) is 0 Å². The van der Waals surface area contributed by atoms with E-state index < -0.39 is 5.92 Å². The Morgan fingerprint density at radius 2 is 1.69 bits per heavy atom. The second kappa shape index (κ2) is 7.99. The summed E-state index contributed by atoms with van der Waals surface area (Å²) in [5.41, 5.74) is 2.13. The Balaban J connectivity index is 1.76. The number of carbonyl (C=O) groups excluding carboxylic acids is 1. The average molecular weight is 355 g/mol. The van der Waals surface area contributed by atoms with E-state index in [2.05, 4.69) is 10.1 Å². The van der Waals surface area contributed by atoms with E-state index in [0.717, 1.165) is 17.7 Å². The number of rotatable bonds is 6. The smallest absolute Gasteiger partial charge is 0.261 e. The molecule has 0 fully saturated rings. The van der Waals surface area contributed by atoms with Crippen LogP contribution in [0.4, 0.5) is 14.5 Å². The number of nitrogens with zero attached hydrogens (tertiary/aromatic N) is 3. The van der Waals surface area contributed by atoms with Crippen LogP contribution < -0.4 is 5.01 Å². The van der Waals surface area contributed by atoms with Crippen molar-refractivity contribution in [3.05, 3.63) is 65.7 Å². The summed E-state index contributed by atoms with van der Waals surface area (Å²) in [6, 6.07) is 11.7. The van der Waals surface area contributed by atoms with Crippen molar-refractivity contribution in [2.24, 2.45) is 16.0 Å². The minimum Gasteiger partial charge on any atom is -0.292 e. The maximum Gasteiger partial charge on any atom is 0.261 e. The summed E-state index contributed by atoms with van der Waals surface area (Å²) in [5.74, 6) is -1.39. The van der Waals surface area contributed by atoms with Gasteiger partial charge in [0.1, 0.15) is 17.6 Å². The van der Waals surface area contributed by atoms with E-state index in [9.17, 15) is 13.6 Å². The molecule has 2 aromatic carbocycles. The van der Waals surface area contributed by atoms with Gasteiger partial charge in [0.25, 0.3) is 5.91 Å². The van der Waals surface area contributed by atoms with E-state index in [1.807, 2.05) is 6.92 Å². The van der Waals surface area contributed by atoms with Crippen LogP contribution in [0.3, 0.4) is 0 Å². The molecule has 1 aliphatic rings. The molecule has 2 aromatic rings. The van der Waals surface area contributed by atoms with E-state index in [4.69, 9.17) is 0 Å². The van der Waals surface area contributed by atoms with Crippen molar-refractivity contribution in [3.8, 4) is 0 Å². The Labute approximate surface area is 150 Å². The molecule has 0 spiro atoms. The van der Waals surface area contributed by atoms with Crippen LogP contribution in [-0.4, -0.2) is 17.8 Å². The van der Waals surface area contributed by atoms with Gasteiger partial charge in [-0.2, -0.15) is 10.1 Å². The summed E-state index contributed by atoms with van der Waals surface area (Å²) in [7, 11) is 0. The first-order valence-corrected chi connectivity index (χ1v) is 8.49. The van der Waals surface area contributed by atoms with Crippen LogP contribution in [0.25, 0.3) is 0 Å². The molecule has 1 aliphatic heterocycles. The predicted octanol–water partition coefficient (Wildman–Crippen LogP) is 4.35. The molecule has 134 valence electrons. The molecule has 0 bridgehead atoms. The van der Waals surface area contributed by atoms with Gasteiger partial charge in [-0.3, -0.25) is 9.79 Å². The lowest BCUT2D eigenvalue weighted by atomic mass is 10.0. The third-order valence-electron chi connectivity index (χ3n) is 4.08. The fraction of sp³-hybridized carbons (Fsp3) is 0.250. The van der Waals surface area contributed by atoms with Crippen LogP contribution in [0.2, 0.25) is 0 Å². The molecule has 0 saturated heterocycles. The second-order valence-electron chi connectivity index (χ2n) is 6.06. The lowest BCUT2D eigenvalue weighted by Crippen LogP contribution is -2.28. The lowest BCUT2D eigenvalue weighted by molar-refractivity contribution is -0.118. The number of amides is 1. The topological polar surface area (TPSA) is 45.0 Å². The minimum absolute atomic E-state index is 0.206. The van der Waals surface area contributed by atoms with E-state index in [0.29, 0.717) is 18.7 Å². The van der Waals surface area contributed by atoms with Gasteiger partial charge in [0.2, 0.25) is 0 Å². The molecule has 4 nitrogen and oxygen atoms in total. The summed E-state index contributed by atoms with van der Waals surface area (Å²) >= 11 is 0. The lowest BCUT2D eigenvalue weighted by Gasteiger charge is -2.12. The highest BCUT2D eigenvalue weighted by molar-refractivity contribution is 6.24. The highest BCUT2D eigenvalue weighted by Crippen LogP contribution is 2.25. The summed E-state index contributed by atoms with van der Waals surface area (Å²) in [6.45, 7) is 2.38. The van der Waals surface area contributed by atoms with Gasteiger partial charge in [-0.25, -0.2) is 8.78 Å². The van der Waals surface area contributed by atoms with Crippen LogP contribution in [0.1, 0.15) is 25.3 Å². The number of hydrogen-bond acceptors (Lipinski definition) is 3. The number of anilines is 1. The van der Waals surface area contributed by atoms with Gasteiger partial charge >= 0.3 is 0 Å². The van der Waals surface area contributed by atoms with Gasteiger partial charge in [0.05, 0.1) is 17.9 Å². The molecule has 0 N–H and O–H groups in total. The normalized spacial score (nSPS) is 17.2. The molecular formula is C20H19F2N3O. The van der Waals surface area contributed by atoms with Gasteiger partial charge in [0, 0.05) is 6.21 Å². The number of carbonyl (C=O) groups is 1. The standard InChI is InChI=1S/C20H19F2N3O/c1-2-3-19-18(13-23-12-14-4-6-15(21)7-5-14)20(26)25(24-19)17-10-8-16(22)9-11-17/h4-11,13,18H,2-3,12H2,1H3/t18-/m1/s1. The Kier molecular flexibility index (Phi) is 5.51. The zero-order valence-corrected chi connectivity index (χ0v) is 14.4. The average Bonchev–Trinajstić information content (AvgIpc) is 2.94. The van der Waals surface area contributed by atoms with Crippen molar-refractivity contribution >= 4 is 23.5 Å². The van der Waals surface area contributed by atoms with Crippen molar-refractivity contribution in [2.75, 3.05) is 5.01 Å². The molecule has 0 unspecified atom stereocenters. The van der Waals surface area contributed by atoms with Crippen LogP contribution in [0, 0.1) is 17.6 Å². The zero-order chi connectivity index (χ0) is 18.5. The largest absolute Gasteiger partial charge is 0.292 e. The molecule has 0 aliphatic carbocycles. The Morgan fingerprint density at radius 1 is 1.08 bits per heavy atom. The van der Waals surface area contributed by atoms with Crippen LogP contribution >= 0.6 is 0 Å². The Morgan fingerprint density at radius 3 is 2.31 bits per heavy atom. The van der Waals surface area contributed by atoms with E-state index in [1.54, 1.807) is 18.3 Å². The van der Waals surface area contributed by atoms with E-state index in [1.165, 1.54) is 41.4 Å². The quantitative estimate of drug-likeness (QED) is 0.710. The molecule has 1 atom stereocenters. The third kappa shape index (κ3) is 4.02. The Hall–Kier alpha value is -2.89. The van der Waals surface area contributed by atoms with E-state index >= 15 is 0 Å². The highest BCUT2D eigenvalue weighted by atomic mass is 19.1. The van der Waals surface area contributed by atoms with Crippen molar-refractivity contribution in [3.63, 3.8) is 0 Å². The molecule has 0 aromatic heterocycles. The first-order chi connectivity index (χ1) is 12.6. The molecule has 26 heavy (non-hydrogen) atoms. The van der Waals surface area contributed by atoms with Gasteiger partial charge in [-0.05, 0) is 48.4 Å². The minimum atomic E-state index is -0.527. The molecule has 1 amide bonds. The van der Waals surface area contributed by atoms with Gasteiger partial charge in [-0.15, -0.1) is 0 Å². The summed E-state index contributed by atoms with van der Waals surface area (Å²) in [4.78, 5) is 17.1. The number of halogens is 2. The van der Waals surface area contributed by atoms with Crippen LogP contribution in [0.15, 0.2) is 58.6 Å². The summed E-state index contributed by atoms with van der Waals surface area (Å²) in [5, 5.41) is 5.72. The van der Waals surface area contributed by atoms with Gasteiger partial charge < -0.3 is 0 Å². The molecule has 3 rings (SSSR count). The van der Waals surface area contributed by atoms with Crippen LogP contribution in [-0.2, 0) is 11.3 Å². The van der Waals surface area contributed by atoms with Gasteiger partial charge in [-0.1, -0.05) is 25.5 Å². The fourth-order valence-corrected chi connectivity index (χ4v) is 2.75. The van der Waals surface area contributed by atoms with Crippen molar-refractivity contribution in [1.29, 1.82) is 0 Å². The number of aliphatic imine (C=N–C) groups is 1. The van der Waals surface area contributed by atoms with Gasteiger partial charge in [0.15, 0.2) is 0 Å². The van der Waals surface area contributed by atoms with Crippen molar-refractivity contribution < 1.29 is 13.6 Å². The second-order valence-corrected chi connectivity index (χ2v) is 6.06. The summed E-state index contributed by atoms with van der Waals surface area (Å²) < 4.78 is 26.1. The zero-order valence-electron chi connectivity index (χ0n) is 14.4. The molecular weight excluding hydrogens is 336 g/mol. The maximum absolute atomic E-state index is 13.1. The third-order valence-corrected chi connectivity index (χ3v) is 4.08. The number of hydrazone groups is 1.